The number of benzene rings is 1. The number of aryl methyl sites for hydroxylation is 1. The van der Waals surface area contributed by atoms with Gasteiger partial charge in [-0.3, -0.25) is 9.59 Å². The predicted molar refractivity (Wildman–Crippen MR) is 55.1 cm³/mol. The van der Waals surface area contributed by atoms with Gasteiger partial charge in [0.15, 0.2) is 0 Å². The fourth-order valence-corrected chi connectivity index (χ4v) is 1.55. The standard InChI is InChI=1S/C11H12N2O2/c1-7-2-4-8(5-3-7)9-6-12-10(14)11(15)13-9/h2-5,9H,6H2,1H3,(H,12,14)(H,13,15). The van der Waals surface area contributed by atoms with Crippen molar-refractivity contribution < 1.29 is 9.59 Å². The van der Waals surface area contributed by atoms with Crippen molar-refractivity contribution in [1.82, 2.24) is 10.6 Å². The molecule has 4 nitrogen and oxygen atoms in total. The van der Waals surface area contributed by atoms with Crippen LogP contribution in [0.4, 0.5) is 0 Å². The van der Waals surface area contributed by atoms with Crippen LogP contribution in [-0.4, -0.2) is 18.4 Å². The summed E-state index contributed by atoms with van der Waals surface area (Å²) < 4.78 is 0. The topological polar surface area (TPSA) is 58.2 Å². The summed E-state index contributed by atoms with van der Waals surface area (Å²) in [6, 6.07) is 7.77. The van der Waals surface area contributed by atoms with Crippen LogP contribution in [0.25, 0.3) is 0 Å². The molecule has 0 bridgehead atoms. The molecule has 1 aromatic carbocycles. The van der Waals surface area contributed by atoms with E-state index in [2.05, 4.69) is 10.6 Å². The van der Waals surface area contributed by atoms with Gasteiger partial charge in [-0.2, -0.15) is 0 Å². The summed E-state index contributed by atoms with van der Waals surface area (Å²) in [6.07, 6.45) is 0. The van der Waals surface area contributed by atoms with Crippen LogP contribution in [-0.2, 0) is 9.59 Å². The van der Waals surface area contributed by atoms with Crippen LogP contribution in [0.15, 0.2) is 24.3 Å². The molecule has 0 aromatic heterocycles. The number of nitrogens with one attached hydrogen (secondary N) is 2. The van der Waals surface area contributed by atoms with Gasteiger partial charge in [0.1, 0.15) is 0 Å². The van der Waals surface area contributed by atoms with Gasteiger partial charge in [-0.05, 0) is 12.5 Å². The van der Waals surface area contributed by atoms with E-state index in [4.69, 9.17) is 0 Å². The van der Waals surface area contributed by atoms with Crippen molar-refractivity contribution in [3.05, 3.63) is 35.4 Å². The molecule has 0 spiro atoms. The van der Waals surface area contributed by atoms with Gasteiger partial charge in [-0.15, -0.1) is 0 Å². The zero-order valence-electron chi connectivity index (χ0n) is 8.41. The largest absolute Gasteiger partial charge is 0.345 e. The van der Waals surface area contributed by atoms with Crippen LogP contribution in [0, 0.1) is 6.92 Å². The van der Waals surface area contributed by atoms with Gasteiger partial charge in [0, 0.05) is 6.54 Å². The summed E-state index contributed by atoms with van der Waals surface area (Å²) in [5, 5.41) is 5.19. The first-order chi connectivity index (χ1) is 7.16. The average molecular weight is 204 g/mol. The van der Waals surface area contributed by atoms with E-state index in [0.29, 0.717) is 6.54 Å². The Labute approximate surface area is 87.7 Å². The highest BCUT2D eigenvalue weighted by molar-refractivity contribution is 6.35. The lowest BCUT2D eigenvalue weighted by Crippen LogP contribution is -2.51. The van der Waals surface area contributed by atoms with Crippen molar-refractivity contribution in [2.75, 3.05) is 6.54 Å². The molecule has 15 heavy (non-hydrogen) atoms. The van der Waals surface area contributed by atoms with Gasteiger partial charge in [0.25, 0.3) is 0 Å². The van der Waals surface area contributed by atoms with Crippen LogP contribution in [0.1, 0.15) is 17.2 Å². The maximum Gasteiger partial charge on any atom is 0.309 e. The Morgan fingerprint density at radius 3 is 2.40 bits per heavy atom. The molecule has 1 saturated heterocycles. The smallest absolute Gasteiger partial charge is 0.309 e. The minimum absolute atomic E-state index is 0.115. The minimum Gasteiger partial charge on any atom is -0.345 e. The Morgan fingerprint density at radius 1 is 1.13 bits per heavy atom. The zero-order valence-corrected chi connectivity index (χ0v) is 8.41. The molecule has 2 rings (SSSR count). The molecule has 2 N–H and O–H groups in total. The lowest BCUT2D eigenvalue weighted by molar-refractivity contribution is -0.141. The molecule has 0 aliphatic carbocycles. The Hall–Kier alpha value is -1.84. The quantitative estimate of drug-likeness (QED) is 0.646. The second-order valence-corrected chi connectivity index (χ2v) is 3.65. The van der Waals surface area contributed by atoms with E-state index in [9.17, 15) is 9.59 Å². The number of hydrogen-bond acceptors (Lipinski definition) is 2. The third-order valence-corrected chi connectivity index (χ3v) is 2.46. The van der Waals surface area contributed by atoms with Gasteiger partial charge in [-0.1, -0.05) is 29.8 Å². The van der Waals surface area contributed by atoms with Crippen molar-refractivity contribution in [2.45, 2.75) is 13.0 Å². The number of carbonyl (C=O) groups is 2. The minimum atomic E-state index is -0.563. The van der Waals surface area contributed by atoms with Gasteiger partial charge in [0.05, 0.1) is 6.04 Å². The number of carbonyl (C=O) groups excluding carboxylic acids is 2. The molecule has 1 heterocycles. The fraction of sp³-hybridized carbons (Fsp3) is 0.273. The first-order valence-corrected chi connectivity index (χ1v) is 4.82. The number of rotatable bonds is 1. The number of piperazine rings is 1. The Balaban J connectivity index is 2.15. The summed E-state index contributed by atoms with van der Waals surface area (Å²) in [7, 11) is 0. The van der Waals surface area contributed by atoms with Crippen molar-refractivity contribution in [3.8, 4) is 0 Å². The Bertz CT molecular complexity index is 398. The summed E-state index contributed by atoms with van der Waals surface area (Å²) in [4.78, 5) is 22.0. The van der Waals surface area contributed by atoms with E-state index < -0.39 is 11.8 Å². The molecular formula is C11H12N2O2. The molecule has 1 unspecified atom stereocenters. The predicted octanol–water partition coefficient (Wildman–Crippen LogP) is 0.282. The third-order valence-electron chi connectivity index (χ3n) is 2.46. The van der Waals surface area contributed by atoms with E-state index in [0.717, 1.165) is 5.56 Å². The molecular weight excluding hydrogens is 192 g/mol. The monoisotopic (exact) mass is 204 g/mol. The maximum atomic E-state index is 11.1. The van der Waals surface area contributed by atoms with Gasteiger partial charge in [0.2, 0.25) is 0 Å². The molecule has 4 heteroatoms. The van der Waals surface area contributed by atoms with Gasteiger partial charge < -0.3 is 10.6 Å². The fourth-order valence-electron chi connectivity index (χ4n) is 1.55. The molecule has 2 amide bonds. The van der Waals surface area contributed by atoms with Crippen molar-refractivity contribution in [1.29, 1.82) is 0 Å². The lowest BCUT2D eigenvalue weighted by atomic mass is 10.0. The Kier molecular flexibility index (Phi) is 2.41. The van der Waals surface area contributed by atoms with Crippen LogP contribution in [0.2, 0.25) is 0 Å². The van der Waals surface area contributed by atoms with E-state index in [1.54, 1.807) is 0 Å². The first kappa shape index (κ1) is 9.71. The van der Waals surface area contributed by atoms with E-state index in [1.807, 2.05) is 31.2 Å². The highest BCUT2D eigenvalue weighted by Gasteiger charge is 2.25. The maximum absolute atomic E-state index is 11.1. The number of amides is 2. The highest BCUT2D eigenvalue weighted by Crippen LogP contribution is 2.14. The number of hydrogen-bond donors (Lipinski definition) is 2. The second-order valence-electron chi connectivity index (χ2n) is 3.65. The van der Waals surface area contributed by atoms with E-state index in [1.165, 1.54) is 5.56 Å². The molecule has 1 aliphatic rings. The van der Waals surface area contributed by atoms with Crippen LogP contribution >= 0.6 is 0 Å². The van der Waals surface area contributed by atoms with Crippen LogP contribution < -0.4 is 10.6 Å². The van der Waals surface area contributed by atoms with Gasteiger partial charge >= 0.3 is 11.8 Å². The van der Waals surface area contributed by atoms with Crippen molar-refractivity contribution >= 4 is 11.8 Å². The third kappa shape index (κ3) is 1.98. The summed E-state index contributed by atoms with van der Waals surface area (Å²) >= 11 is 0. The van der Waals surface area contributed by atoms with E-state index >= 15 is 0 Å². The zero-order chi connectivity index (χ0) is 10.8. The lowest BCUT2D eigenvalue weighted by Gasteiger charge is -2.23. The normalized spacial score (nSPS) is 20.7. The first-order valence-electron chi connectivity index (χ1n) is 4.82. The summed E-state index contributed by atoms with van der Waals surface area (Å²) in [6.45, 7) is 2.46. The molecule has 1 fully saturated rings. The highest BCUT2D eigenvalue weighted by atomic mass is 16.2. The summed E-state index contributed by atoms with van der Waals surface area (Å²) in [5.74, 6) is -1.12. The molecule has 0 saturated carbocycles. The molecule has 78 valence electrons. The summed E-state index contributed by atoms with van der Waals surface area (Å²) in [5.41, 5.74) is 2.18. The van der Waals surface area contributed by atoms with Crippen molar-refractivity contribution in [3.63, 3.8) is 0 Å². The average Bonchev–Trinajstić information content (AvgIpc) is 2.23. The molecule has 1 atom stereocenters. The van der Waals surface area contributed by atoms with Crippen molar-refractivity contribution in [2.24, 2.45) is 0 Å². The van der Waals surface area contributed by atoms with Crippen LogP contribution in [0.3, 0.4) is 0 Å². The van der Waals surface area contributed by atoms with Crippen LogP contribution in [0.5, 0.6) is 0 Å². The Morgan fingerprint density at radius 2 is 1.80 bits per heavy atom. The molecule has 0 radical (unpaired) electrons. The molecule has 1 aromatic rings. The van der Waals surface area contributed by atoms with E-state index in [-0.39, 0.29) is 6.04 Å². The second kappa shape index (κ2) is 3.73. The SMILES string of the molecule is Cc1ccc(C2CNC(=O)C(=O)N2)cc1. The molecule has 1 aliphatic heterocycles. The van der Waals surface area contributed by atoms with Gasteiger partial charge in [-0.25, -0.2) is 0 Å².